The second-order valence-corrected chi connectivity index (χ2v) is 1.95. The Hall–Kier alpha value is -1.53. The predicted molar refractivity (Wildman–Crippen MR) is 43.0 cm³/mol. The summed E-state index contributed by atoms with van der Waals surface area (Å²) in [6, 6.07) is 3.09. The van der Waals surface area contributed by atoms with Gasteiger partial charge in [-0.3, -0.25) is 4.79 Å². The first kappa shape index (κ1) is 7.58. The van der Waals surface area contributed by atoms with Gasteiger partial charge in [-0.25, -0.2) is 0 Å². The molecule has 1 rings (SSSR count). The fourth-order valence-corrected chi connectivity index (χ4v) is 0.641. The van der Waals surface area contributed by atoms with Gasteiger partial charge in [-0.2, -0.15) is 0 Å². The maximum Gasteiger partial charge on any atom is 0.247 e. The van der Waals surface area contributed by atoms with Crippen LogP contribution >= 0.6 is 0 Å². The third-order valence-electron chi connectivity index (χ3n) is 1.12. The van der Waals surface area contributed by atoms with Crippen LogP contribution in [-0.4, -0.2) is 11.5 Å². The van der Waals surface area contributed by atoms with E-state index in [1.807, 2.05) is 0 Å². The molecule has 1 heterocycles. The highest BCUT2D eigenvalue weighted by molar-refractivity contribution is 5.31. The molecule has 0 aliphatic carbocycles. The SMILES string of the molecule is NCC#Cc1ccc(=O)[nH]c1. The molecule has 1 aromatic rings. The van der Waals surface area contributed by atoms with E-state index in [-0.39, 0.29) is 5.56 Å². The zero-order valence-corrected chi connectivity index (χ0v) is 5.92. The van der Waals surface area contributed by atoms with Crippen LogP contribution in [0, 0.1) is 11.8 Å². The smallest absolute Gasteiger partial charge is 0.247 e. The van der Waals surface area contributed by atoms with Gasteiger partial charge in [0.25, 0.3) is 0 Å². The average Bonchev–Trinajstić information content (AvgIpc) is 2.04. The maximum atomic E-state index is 10.6. The van der Waals surface area contributed by atoms with Crippen LogP contribution < -0.4 is 11.3 Å². The van der Waals surface area contributed by atoms with E-state index < -0.39 is 0 Å². The molecular weight excluding hydrogens is 140 g/mol. The van der Waals surface area contributed by atoms with Gasteiger partial charge in [0.15, 0.2) is 0 Å². The molecule has 0 saturated heterocycles. The van der Waals surface area contributed by atoms with E-state index in [0.29, 0.717) is 6.54 Å². The average molecular weight is 148 g/mol. The minimum atomic E-state index is -0.122. The highest BCUT2D eigenvalue weighted by atomic mass is 16.1. The number of nitrogens with one attached hydrogen (secondary N) is 1. The minimum absolute atomic E-state index is 0.122. The van der Waals surface area contributed by atoms with E-state index in [1.165, 1.54) is 6.07 Å². The standard InChI is InChI=1S/C8H8N2O/c9-5-1-2-7-3-4-8(11)10-6-7/h3-4,6H,5,9H2,(H,10,11). The molecule has 3 nitrogen and oxygen atoms in total. The highest BCUT2D eigenvalue weighted by Gasteiger charge is 1.83. The van der Waals surface area contributed by atoms with Gasteiger partial charge in [0, 0.05) is 17.8 Å². The zero-order chi connectivity index (χ0) is 8.10. The summed E-state index contributed by atoms with van der Waals surface area (Å²) in [6.07, 6.45) is 1.56. The lowest BCUT2D eigenvalue weighted by Crippen LogP contribution is -2.01. The van der Waals surface area contributed by atoms with Crippen molar-refractivity contribution in [3.63, 3.8) is 0 Å². The summed E-state index contributed by atoms with van der Waals surface area (Å²) in [7, 11) is 0. The number of rotatable bonds is 0. The number of nitrogens with two attached hydrogens (primary N) is 1. The van der Waals surface area contributed by atoms with Crippen molar-refractivity contribution in [2.45, 2.75) is 0 Å². The summed E-state index contributed by atoms with van der Waals surface area (Å²) in [5.41, 5.74) is 5.81. The van der Waals surface area contributed by atoms with Crippen molar-refractivity contribution < 1.29 is 0 Å². The summed E-state index contributed by atoms with van der Waals surface area (Å²) in [5.74, 6) is 5.47. The summed E-state index contributed by atoms with van der Waals surface area (Å²) in [5, 5.41) is 0. The Morgan fingerprint density at radius 1 is 1.55 bits per heavy atom. The van der Waals surface area contributed by atoms with Crippen LogP contribution in [0.3, 0.4) is 0 Å². The van der Waals surface area contributed by atoms with Crippen LogP contribution in [-0.2, 0) is 0 Å². The Morgan fingerprint density at radius 3 is 2.91 bits per heavy atom. The minimum Gasteiger partial charge on any atom is -0.328 e. The molecule has 1 aromatic heterocycles. The second kappa shape index (κ2) is 3.59. The lowest BCUT2D eigenvalue weighted by molar-refractivity contribution is 1.23. The van der Waals surface area contributed by atoms with Crippen LogP contribution in [0.5, 0.6) is 0 Å². The van der Waals surface area contributed by atoms with E-state index in [4.69, 9.17) is 5.73 Å². The summed E-state index contributed by atoms with van der Waals surface area (Å²) < 4.78 is 0. The number of aromatic amines is 1. The highest BCUT2D eigenvalue weighted by Crippen LogP contribution is 1.87. The van der Waals surface area contributed by atoms with Crippen molar-refractivity contribution in [3.8, 4) is 11.8 Å². The van der Waals surface area contributed by atoms with Crippen LogP contribution in [0.2, 0.25) is 0 Å². The van der Waals surface area contributed by atoms with Gasteiger partial charge >= 0.3 is 0 Å². The lowest BCUT2D eigenvalue weighted by Gasteiger charge is -1.85. The topological polar surface area (TPSA) is 58.9 Å². The third kappa shape index (κ3) is 2.28. The zero-order valence-electron chi connectivity index (χ0n) is 5.92. The van der Waals surface area contributed by atoms with E-state index in [9.17, 15) is 4.79 Å². The monoisotopic (exact) mass is 148 g/mol. The molecule has 0 amide bonds. The first-order valence-electron chi connectivity index (χ1n) is 3.20. The van der Waals surface area contributed by atoms with Gasteiger partial charge in [0.1, 0.15) is 0 Å². The summed E-state index contributed by atoms with van der Waals surface area (Å²) >= 11 is 0. The molecule has 0 aliphatic heterocycles. The van der Waals surface area contributed by atoms with Crippen molar-refractivity contribution in [2.24, 2.45) is 5.73 Å². The first-order valence-corrected chi connectivity index (χ1v) is 3.20. The maximum absolute atomic E-state index is 10.6. The molecule has 0 atom stereocenters. The number of aromatic nitrogens is 1. The molecule has 0 radical (unpaired) electrons. The Labute approximate surface area is 64.2 Å². The molecule has 0 spiro atoms. The first-order chi connectivity index (χ1) is 5.33. The molecule has 0 fully saturated rings. The van der Waals surface area contributed by atoms with E-state index in [0.717, 1.165) is 5.56 Å². The largest absolute Gasteiger partial charge is 0.328 e. The van der Waals surface area contributed by atoms with E-state index in [1.54, 1.807) is 12.3 Å². The van der Waals surface area contributed by atoms with Crippen molar-refractivity contribution in [3.05, 3.63) is 34.2 Å². The molecule has 0 aliphatic rings. The van der Waals surface area contributed by atoms with Gasteiger partial charge in [-0.15, -0.1) is 0 Å². The van der Waals surface area contributed by atoms with Gasteiger partial charge in [0.2, 0.25) is 5.56 Å². The molecule has 0 bridgehead atoms. The van der Waals surface area contributed by atoms with Crippen molar-refractivity contribution >= 4 is 0 Å². The summed E-state index contributed by atoms with van der Waals surface area (Å²) in [4.78, 5) is 13.1. The molecular formula is C8H8N2O. The molecule has 3 heteroatoms. The van der Waals surface area contributed by atoms with Gasteiger partial charge in [-0.1, -0.05) is 11.8 Å². The molecule has 0 aromatic carbocycles. The van der Waals surface area contributed by atoms with E-state index in [2.05, 4.69) is 16.8 Å². The predicted octanol–water partition coefficient (Wildman–Crippen LogP) is -0.315. The van der Waals surface area contributed by atoms with Crippen LogP contribution in [0.4, 0.5) is 0 Å². The fourth-order valence-electron chi connectivity index (χ4n) is 0.641. The Kier molecular flexibility index (Phi) is 2.47. The fraction of sp³-hybridized carbons (Fsp3) is 0.125. The molecule has 0 unspecified atom stereocenters. The van der Waals surface area contributed by atoms with Crippen molar-refractivity contribution in [1.82, 2.24) is 4.98 Å². The van der Waals surface area contributed by atoms with Gasteiger partial charge in [-0.05, 0) is 6.07 Å². The number of hydrogen-bond donors (Lipinski definition) is 2. The quantitative estimate of drug-likeness (QED) is 0.495. The van der Waals surface area contributed by atoms with Crippen molar-refractivity contribution in [1.29, 1.82) is 0 Å². The van der Waals surface area contributed by atoms with Crippen LogP contribution in [0.15, 0.2) is 23.1 Å². The molecule has 0 saturated carbocycles. The Balaban J connectivity index is 2.90. The molecule has 3 N–H and O–H groups in total. The third-order valence-corrected chi connectivity index (χ3v) is 1.12. The van der Waals surface area contributed by atoms with Crippen LogP contribution in [0.25, 0.3) is 0 Å². The van der Waals surface area contributed by atoms with Gasteiger partial charge < -0.3 is 10.7 Å². The van der Waals surface area contributed by atoms with E-state index >= 15 is 0 Å². The van der Waals surface area contributed by atoms with Crippen LogP contribution in [0.1, 0.15) is 5.56 Å². The normalized spacial score (nSPS) is 8.45. The molecule has 56 valence electrons. The number of hydrogen-bond acceptors (Lipinski definition) is 2. The Morgan fingerprint density at radius 2 is 2.36 bits per heavy atom. The molecule has 11 heavy (non-hydrogen) atoms. The number of H-pyrrole nitrogens is 1. The Bertz CT molecular complexity index is 323. The second-order valence-electron chi connectivity index (χ2n) is 1.95. The van der Waals surface area contributed by atoms with Gasteiger partial charge in [0.05, 0.1) is 6.54 Å². The summed E-state index contributed by atoms with van der Waals surface area (Å²) in [6.45, 7) is 0.332. The van der Waals surface area contributed by atoms with Crippen molar-refractivity contribution in [2.75, 3.05) is 6.54 Å². The lowest BCUT2D eigenvalue weighted by atomic mass is 10.3. The number of pyridine rings is 1.